The van der Waals surface area contributed by atoms with E-state index < -0.39 is 17.4 Å². The van der Waals surface area contributed by atoms with Gasteiger partial charge >= 0.3 is 5.97 Å². The molecule has 9 heteroatoms. The summed E-state index contributed by atoms with van der Waals surface area (Å²) in [6, 6.07) is 5.44. The predicted octanol–water partition coefficient (Wildman–Crippen LogP) is 1.98. The van der Waals surface area contributed by atoms with Gasteiger partial charge in [-0.3, -0.25) is 4.79 Å². The Morgan fingerprint density at radius 3 is 2.52 bits per heavy atom. The highest BCUT2D eigenvalue weighted by molar-refractivity contribution is 7.13. The Balaban J connectivity index is 2.12. The van der Waals surface area contributed by atoms with E-state index in [0.29, 0.717) is 17.2 Å². The molecule has 1 aromatic heterocycles. The van der Waals surface area contributed by atoms with Gasteiger partial charge in [0.25, 0.3) is 0 Å². The average molecular weight is 394 g/mol. The van der Waals surface area contributed by atoms with Gasteiger partial charge in [0, 0.05) is 18.1 Å². The third kappa shape index (κ3) is 4.95. The summed E-state index contributed by atoms with van der Waals surface area (Å²) in [6.45, 7) is 1.26. The molecule has 1 atom stereocenters. The van der Waals surface area contributed by atoms with Crippen molar-refractivity contribution in [3.63, 3.8) is 0 Å². The number of methoxy groups -OCH3 is 3. The first-order valence-corrected chi connectivity index (χ1v) is 8.91. The molecule has 2 rings (SSSR count). The van der Waals surface area contributed by atoms with Gasteiger partial charge in [0.15, 0.2) is 17.0 Å². The number of nitrogens with one attached hydrogen (secondary N) is 1. The largest absolute Gasteiger partial charge is 0.493 e. The van der Waals surface area contributed by atoms with E-state index in [4.69, 9.17) is 14.2 Å². The van der Waals surface area contributed by atoms with E-state index in [1.54, 1.807) is 25.7 Å². The SMILES string of the molecule is COCC(C)(NC(=O)Cc1csc(-c2ccc(OC)c(OC)c2)n1)C(=O)O. The van der Waals surface area contributed by atoms with Gasteiger partial charge in [0.1, 0.15) is 5.01 Å². The molecule has 146 valence electrons. The van der Waals surface area contributed by atoms with Crippen LogP contribution < -0.4 is 14.8 Å². The summed E-state index contributed by atoms with van der Waals surface area (Å²) >= 11 is 1.38. The van der Waals surface area contributed by atoms with Crippen LogP contribution in [0.25, 0.3) is 10.6 Å². The van der Waals surface area contributed by atoms with Crippen LogP contribution in [0.4, 0.5) is 0 Å². The van der Waals surface area contributed by atoms with E-state index >= 15 is 0 Å². The van der Waals surface area contributed by atoms with Crippen LogP contribution in [-0.2, 0) is 20.7 Å². The van der Waals surface area contributed by atoms with Crippen LogP contribution in [-0.4, -0.2) is 55.4 Å². The Morgan fingerprint density at radius 2 is 1.93 bits per heavy atom. The highest BCUT2D eigenvalue weighted by Crippen LogP contribution is 2.33. The van der Waals surface area contributed by atoms with Crippen molar-refractivity contribution < 1.29 is 28.9 Å². The van der Waals surface area contributed by atoms with E-state index in [1.807, 2.05) is 12.1 Å². The van der Waals surface area contributed by atoms with Crippen LogP contribution in [0.15, 0.2) is 23.6 Å². The summed E-state index contributed by atoms with van der Waals surface area (Å²) < 4.78 is 15.4. The second-order valence-electron chi connectivity index (χ2n) is 6.01. The van der Waals surface area contributed by atoms with Crippen LogP contribution >= 0.6 is 11.3 Å². The number of aromatic nitrogens is 1. The molecule has 1 aromatic carbocycles. The first kappa shape index (κ1) is 20.7. The molecule has 8 nitrogen and oxygen atoms in total. The Hall–Kier alpha value is -2.65. The maximum Gasteiger partial charge on any atom is 0.331 e. The highest BCUT2D eigenvalue weighted by Gasteiger charge is 2.35. The van der Waals surface area contributed by atoms with Crippen LogP contribution in [0.2, 0.25) is 0 Å². The third-order valence-corrected chi connectivity index (χ3v) is 4.78. The van der Waals surface area contributed by atoms with Crippen LogP contribution in [0.1, 0.15) is 12.6 Å². The van der Waals surface area contributed by atoms with Crippen LogP contribution in [0.5, 0.6) is 11.5 Å². The third-order valence-electron chi connectivity index (χ3n) is 3.84. The van der Waals surface area contributed by atoms with Crippen molar-refractivity contribution in [3.8, 4) is 22.1 Å². The van der Waals surface area contributed by atoms with Gasteiger partial charge in [-0.25, -0.2) is 9.78 Å². The average Bonchev–Trinajstić information content (AvgIpc) is 3.09. The fraction of sp³-hybridized carbons (Fsp3) is 0.389. The first-order valence-electron chi connectivity index (χ1n) is 8.03. The maximum atomic E-state index is 12.2. The van der Waals surface area contributed by atoms with Crippen molar-refractivity contribution in [1.29, 1.82) is 0 Å². The second-order valence-corrected chi connectivity index (χ2v) is 6.87. The molecule has 0 fully saturated rings. The lowest BCUT2D eigenvalue weighted by atomic mass is 10.0. The number of carboxylic acids is 1. The second kappa shape index (κ2) is 8.83. The Labute approximate surface area is 161 Å². The molecule has 0 saturated heterocycles. The Bertz CT molecular complexity index is 822. The molecular weight excluding hydrogens is 372 g/mol. The monoisotopic (exact) mass is 394 g/mol. The number of hydrogen-bond donors (Lipinski definition) is 2. The molecule has 2 N–H and O–H groups in total. The van der Waals surface area contributed by atoms with Crippen molar-refractivity contribution in [3.05, 3.63) is 29.3 Å². The number of amides is 1. The number of hydrogen-bond acceptors (Lipinski definition) is 7. The molecular formula is C18H22N2O6S. The van der Waals surface area contributed by atoms with Gasteiger partial charge in [-0.05, 0) is 25.1 Å². The van der Waals surface area contributed by atoms with Gasteiger partial charge < -0.3 is 24.6 Å². The topological polar surface area (TPSA) is 107 Å². The number of aliphatic carboxylic acids is 1. The number of benzene rings is 1. The Morgan fingerprint density at radius 1 is 1.22 bits per heavy atom. The minimum atomic E-state index is -1.49. The lowest BCUT2D eigenvalue weighted by Crippen LogP contribution is -2.55. The standard InChI is InChI=1S/C18H22N2O6S/c1-18(10-24-2,17(22)23)20-15(21)8-12-9-27-16(19-12)11-5-6-13(25-3)14(7-11)26-4/h5-7,9H,8,10H2,1-4H3,(H,20,21)(H,22,23). The molecule has 1 heterocycles. The van der Waals surface area contributed by atoms with Gasteiger partial charge in [0.05, 0.1) is 32.9 Å². The molecule has 0 spiro atoms. The molecule has 0 saturated carbocycles. The van der Waals surface area contributed by atoms with Crippen LogP contribution in [0.3, 0.4) is 0 Å². The molecule has 1 amide bonds. The van der Waals surface area contributed by atoms with E-state index in [-0.39, 0.29) is 13.0 Å². The summed E-state index contributed by atoms with van der Waals surface area (Å²) in [5.41, 5.74) is -0.111. The normalized spacial score (nSPS) is 12.9. The number of carbonyl (C=O) groups is 2. The van der Waals surface area contributed by atoms with Crippen molar-refractivity contribution in [2.24, 2.45) is 0 Å². The number of ether oxygens (including phenoxy) is 3. The summed E-state index contributed by atoms with van der Waals surface area (Å²) in [4.78, 5) is 28.1. The van der Waals surface area contributed by atoms with E-state index in [2.05, 4.69) is 10.3 Å². The summed E-state index contributed by atoms with van der Waals surface area (Å²) in [7, 11) is 4.49. The number of carbonyl (C=O) groups excluding carboxylic acids is 1. The van der Waals surface area contributed by atoms with Gasteiger partial charge in [-0.15, -0.1) is 11.3 Å². The lowest BCUT2D eigenvalue weighted by Gasteiger charge is -2.25. The fourth-order valence-corrected chi connectivity index (χ4v) is 3.26. The number of rotatable bonds is 9. The van der Waals surface area contributed by atoms with Crippen molar-refractivity contribution in [1.82, 2.24) is 10.3 Å². The van der Waals surface area contributed by atoms with Crippen molar-refractivity contribution >= 4 is 23.2 Å². The van der Waals surface area contributed by atoms with E-state index in [0.717, 1.165) is 10.6 Å². The minimum Gasteiger partial charge on any atom is -0.493 e. The maximum absolute atomic E-state index is 12.2. The number of carboxylic acid groups (broad SMARTS) is 1. The van der Waals surface area contributed by atoms with Gasteiger partial charge in [0.2, 0.25) is 5.91 Å². The fourth-order valence-electron chi connectivity index (χ4n) is 2.45. The Kier molecular flexibility index (Phi) is 6.75. The lowest BCUT2D eigenvalue weighted by molar-refractivity contribution is -0.149. The van der Waals surface area contributed by atoms with E-state index in [9.17, 15) is 14.7 Å². The smallest absolute Gasteiger partial charge is 0.331 e. The molecule has 0 aliphatic carbocycles. The van der Waals surface area contributed by atoms with Crippen LogP contribution in [0, 0.1) is 0 Å². The van der Waals surface area contributed by atoms with E-state index in [1.165, 1.54) is 25.4 Å². The molecule has 1 unspecified atom stereocenters. The quantitative estimate of drug-likeness (QED) is 0.670. The van der Waals surface area contributed by atoms with Gasteiger partial charge in [-0.1, -0.05) is 0 Å². The zero-order chi connectivity index (χ0) is 20.0. The summed E-state index contributed by atoms with van der Waals surface area (Å²) in [6.07, 6.45) is -0.0314. The van der Waals surface area contributed by atoms with Crippen molar-refractivity contribution in [2.75, 3.05) is 27.9 Å². The zero-order valence-electron chi connectivity index (χ0n) is 15.6. The molecule has 27 heavy (non-hydrogen) atoms. The molecule has 0 radical (unpaired) electrons. The van der Waals surface area contributed by atoms with Gasteiger partial charge in [-0.2, -0.15) is 0 Å². The summed E-state index contributed by atoms with van der Waals surface area (Å²) in [5, 5.41) is 14.3. The minimum absolute atomic E-state index is 0.0314. The molecule has 0 bridgehead atoms. The molecule has 0 aliphatic heterocycles. The predicted molar refractivity (Wildman–Crippen MR) is 100 cm³/mol. The summed E-state index contributed by atoms with van der Waals surface area (Å²) in [5.74, 6) is -0.409. The number of nitrogens with zero attached hydrogens (tertiary/aromatic N) is 1. The molecule has 0 aliphatic rings. The first-order chi connectivity index (χ1) is 12.8. The molecule has 2 aromatic rings. The van der Waals surface area contributed by atoms with Crippen molar-refractivity contribution in [2.45, 2.75) is 18.9 Å². The number of thiazole rings is 1. The highest BCUT2D eigenvalue weighted by atomic mass is 32.1. The zero-order valence-corrected chi connectivity index (χ0v) is 16.4.